The van der Waals surface area contributed by atoms with Gasteiger partial charge in [-0.25, -0.2) is 0 Å². The first-order chi connectivity index (χ1) is 8.58. The Bertz CT molecular complexity index is 480. The Morgan fingerprint density at radius 1 is 1.28 bits per heavy atom. The van der Waals surface area contributed by atoms with E-state index >= 15 is 0 Å². The van der Waals surface area contributed by atoms with Gasteiger partial charge in [-0.1, -0.05) is 29.8 Å². The fraction of sp³-hybridized carbons (Fsp3) is 0.231. The van der Waals surface area contributed by atoms with Crippen LogP contribution in [0.3, 0.4) is 0 Å². The van der Waals surface area contributed by atoms with Crippen LogP contribution in [0.1, 0.15) is 12.0 Å². The Morgan fingerprint density at radius 2 is 1.94 bits per heavy atom. The standard InChI is InChI=1S/C13H13ClO4/c1-17-12-6-4-3-5-9(12)7-10(14)11(15)8-13(16)18-2/h3-7H,8H2,1-2H3/b10-7-. The number of rotatable bonds is 5. The molecule has 0 aromatic heterocycles. The second-order valence-corrected chi connectivity index (χ2v) is 3.82. The number of benzene rings is 1. The van der Waals surface area contributed by atoms with E-state index in [1.54, 1.807) is 24.3 Å². The molecule has 1 rings (SSSR count). The average Bonchev–Trinajstić information content (AvgIpc) is 2.39. The SMILES string of the molecule is COC(=O)CC(=O)/C(Cl)=C/c1ccccc1OC. The van der Waals surface area contributed by atoms with Crippen molar-refractivity contribution in [3.63, 3.8) is 0 Å². The summed E-state index contributed by atoms with van der Waals surface area (Å²) in [6.45, 7) is 0. The van der Waals surface area contributed by atoms with Crippen molar-refractivity contribution in [3.8, 4) is 5.75 Å². The first-order valence-corrected chi connectivity index (χ1v) is 5.56. The van der Waals surface area contributed by atoms with Gasteiger partial charge in [0.25, 0.3) is 0 Å². The van der Waals surface area contributed by atoms with E-state index in [0.717, 1.165) is 0 Å². The molecule has 0 atom stereocenters. The third-order valence-electron chi connectivity index (χ3n) is 2.22. The molecular weight excluding hydrogens is 256 g/mol. The van der Waals surface area contributed by atoms with E-state index in [4.69, 9.17) is 16.3 Å². The largest absolute Gasteiger partial charge is 0.496 e. The number of allylic oxidation sites excluding steroid dienone is 1. The van der Waals surface area contributed by atoms with Crippen molar-refractivity contribution in [2.24, 2.45) is 0 Å². The number of hydrogen-bond donors (Lipinski definition) is 0. The highest BCUT2D eigenvalue weighted by Crippen LogP contribution is 2.22. The number of ether oxygens (including phenoxy) is 2. The Kier molecular flexibility index (Phi) is 5.39. The van der Waals surface area contributed by atoms with Gasteiger partial charge in [0.2, 0.25) is 0 Å². The molecule has 0 aliphatic carbocycles. The molecule has 1 aromatic rings. The van der Waals surface area contributed by atoms with Crippen molar-refractivity contribution in [3.05, 3.63) is 34.9 Å². The molecule has 0 fully saturated rings. The minimum atomic E-state index is -0.619. The highest BCUT2D eigenvalue weighted by atomic mass is 35.5. The molecule has 0 aliphatic heterocycles. The Hall–Kier alpha value is -1.81. The van der Waals surface area contributed by atoms with Gasteiger partial charge in [0, 0.05) is 5.56 Å². The Morgan fingerprint density at radius 3 is 2.56 bits per heavy atom. The molecule has 0 saturated heterocycles. The van der Waals surface area contributed by atoms with E-state index in [1.807, 2.05) is 0 Å². The third-order valence-corrected chi connectivity index (χ3v) is 2.54. The van der Waals surface area contributed by atoms with Crippen LogP contribution in [0.25, 0.3) is 6.08 Å². The van der Waals surface area contributed by atoms with Crippen LogP contribution in [0.4, 0.5) is 0 Å². The van der Waals surface area contributed by atoms with E-state index in [1.165, 1.54) is 20.3 Å². The molecule has 4 nitrogen and oxygen atoms in total. The lowest BCUT2D eigenvalue weighted by Gasteiger charge is -2.04. The topological polar surface area (TPSA) is 52.6 Å². The van der Waals surface area contributed by atoms with E-state index in [2.05, 4.69) is 4.74 Å². The van der Waals surface area contributed by atoms with E-state index < -0.39 is 11.8 Å². The number of hydrogen-bond acceptors (Lipinski definition) is 4. The van der Waals surface area contributed by atoms with Crippen LogP contribution >= 0.6 is 11.6 Å². The molecule has 0 aliphatic rings. The van der Waals surface area contributed by atoms with Crippen LogP contribution in [-0.4, -0.2) is 26.0 Å². The lowest BCUT2D eigenvalue weighted by molar-refractivity contribution is -0.142. The molecule has 96 valence electrons. The predicted octanol–water partition coefficient (Wildman–Crippen LogP) is 2.41. The highest BCUT2D eigenvalue weighted by molar-refractivity contribution is 6.45. The summed E-state index contributed by atoms with van der Waals surface area (Å²) in [4.78, 5) is 22.5. The fourth-order valence-electron chi connectivity index (χ4n) is 1.29. The zero-order chi connectivity index (χ0) is 13.5. The molecule has 1 aromatic carbocycles. The van der Waals surface area contributed by atoms with Crippen LogP contribution in [0, 0.1) is 0 Å². The molecule has 0 saturated carbocycles. The first kappa shape index (κ1) is 14.3. The zero-order valence-corrected chi connectivity index (χ0v) is 10.9. The molecule has 0 radical (unpaired) electrons. The van der Waals surface area contributed by atoms with Crippen LogP contribution in [0.15, 0.2) is 29.3 Å². The van der Waals surface area contributed by atoms with Crippen molar-refractivity contribution >= 4 is 29.4 Å². The van der Waals surface area contributed by atoms with E-state index in [9.17, 15) is 9.59 Å². The number of halogens is 1. The number of carbonyl (C=O) groups is 2. The molecule has 0 heterocycles. The van der Waals surface area contributed by atoms with Crippen molar-refractivity contribution in [2.75, 3.05) is 14.2 Å². The van der Waals surface area contributed by atoms with Gasteiger partial charge in [-0.2, -0.15) is 0 Å². The summed E-state index contributed by atoms with van der Waals surface area (Å²) >= 11 is 5.84. The Labute approximate surface area is 110 Å². The van der Waals surface area contributed by atoms with Crippen molar-refractivity contribution < 1.29 is 19.1 Å². The molecule has 5 heteroatoms. The number of esters is 1. The van der Waals surface area contributed by atoms with Crippen molar-refractivity contribution in [1.29, 1.82) is 0 Å². The maximum Gasteiger partial charge on any atom is 0.313 e. The second-order valence-electron chi connectivity index (χ2n) is 3.41. The van der Waals surface area contributed by atoms with Gasteiger partial charge in [0.05, 0.1) is 19.3 Å². The minimum Gasteiger partial charge on any atom is -0.496 e. The molecule has 18 heavy (non-hydrogen) atoms. The van der Waals surface area contributed by atoms with E-state index in [0.29, 0.717) is 11.3 Å². The van der Waals surface area contributed by atoms with Gasteiger partial charge in [-0.15, -0.1) is 0 Å². The predicted molar refractivity (Wildman–Crippen MR) is 68.5 cm³/mol. The molecule has 0 N–H and O–H groups in total. The molecule has 0 unspecified atom stereocenters. The highest BCUT2D eigenvalue weighted by Gasteiger charge is 2.13. The molecule has 0 spiro atoms. The number of methoxy groups -OCH3 is 2. The summed E-state index contributed by atoms with van der Waals surface area (Å²) in [5.74, 6) is -0.512. The van der Waals surface area contributed by atoms with Gasteiger partial charge < -0.3 is 9.47 Å². The van der Waals surface area contributed by atoms with Crippen LogP contribution < -0.4 is 4.74 Å². The summed E-state index contributed by atoms with van der Waals surface area (Å²) in [7, 11) is 2.74. The van der Waals surface area contributed by atoms with Gasteiger partial charge in [-0.05, 0) is 12.1 Å². The van der Waals surface area contributed by atoms with Crippen LogP contribution in [-0.2, 0) is 14.3 Å². The molecular formula is C13H13ClO4. The number of carbonyl (C=O) groups excluding carboxylic acids is 2. The van der Waals surface area contributed by atoms with E-state index in [-0.39, 0.29) is 11.5 Å². The average molecular weight is 269 g/mol. The van der Waals surface area contributed by atoms with Crippen LogP contribution in [0.2, 0.25) is 0 Å². The number of ketones is 1. The smallest absolute Gasteiger partial charge is 0.313 e. The van der Waals surface area contributed by atoms with Gasteiger partial charge in [0.1, 0.15) is 12.2 Å². The quantitative estimate of drug-likeness (QED) is 0.467. The summed E-state index contributed by atoms with van der Waals surface area (Å²) in [6.07, 6.45) is 1.09. The van der Waals surface area contributed by atoms with Crippen molar-refractivity contribution in [2.45, 2.75) is 6.42 Å². The molecule has 0 amide bonds. The first-order valence-electron chi connectivity index (χ1n) is 5.18. The van der Waals surface area contributed by atoms with Gasteiger partial charge >= 0.3 is 5.97 Å². The monoisotopic (exact) mass is 268 g/mol. The van der Waals surface area contributed by atoms with Gasteiger partial charge in [0.15, 0.2) is 5.78 Å². The normalized spacial score (nSPS) is 10.9. The fourth-order valence-corrected chi connectivity index (χ4v) is 1.47. The maximum atomic E-state index is 11.6. The summed E-state index contributed by atoms with van der Waals surface area (Å²) < 4.78 is 9.52. The Balaban J connectivity index is 2.88. The summed E-state index contributed by atoms with van der Waals surface area (Å²) in [6, 6.07) is 7.11. The maximum absolute atomic E-state index is 11.6. The summed E-state index contributed by atoms with van der Waals surface area (Å²) in [5, 5.41) is -0.0371. The number of Topliss-reactive ketones (excluding diaryl/α,β-unsaturated/α-hetero) is 1. The third kappa shape index (κ3) is 3.89. The lowest BCUT2D eigenvalue weighted by atomic mass is 10.1. The van der Waals surface area contributed by atoms with Crippen LogP contribution in [0.5, 0.6) is 5.75 Å². The minimum absolute atomic E-state index is 0.0371. The second kappa shape index (κ2) is 6.81. The van der Waals surface area contributed by atoms with Gasteiger partial charge in [-0.3, -0.25) is 9.59 Å². The molecule has 0 bridgehead atoms. The zero-order valence-electron chi connectivity index (χ0n) is 10.1. The summed E-state index contributed by atoms with van der Waals surface area (Å²) in [5.41, 5.74) is 0.670. The van der Waals surface area contributed by atoms with Crippen molar-refractivity contribution in [1.82, 2.24) is 0 Å². The lowest BCUT2D eigenvalue weighted by Crippen LogP contribution is -2.09. The number of para-hydroxylation sites is 1.